The Morgan fingerprint density at radius 3 is 2.90 bits per heavy atom. The molecule has 1 aromatic heterocycles. The van der Waals surface area contributed by atoms with Crippen LogP contribution in [0.15, 0.2) is 41.6 Å². The molecule has 0 amide bonds. The van der Waals surface area contributed by atoms with E-state index >= 15 is 0 Å². The highest BCUT2D eigenvalue weighted by molar-refractivity contribution is 7.89. The molecule has 7 heteroatoms. The first kappa shape index (κ1) is 14.7. The van der Waals surface area contributed by atoms with Crippen LogP contribution in [0.4, 0.5) is 0 Å². The maximum absolute atomic E-state index is 12.0. The summed E-state index contributed by atoms with van der Waals surface area (Å²) in [6.07, 6.45) is 4.75. The van der Waals surface area contributed by atoms with Crippen LogP contribution in [-0.4, -0.2) is 30.0 Å². The molecule has 108 valence electrons. The van der Waals surface area contributed by atoms with Crippen LogP contribution in [-0.2, 0) is 23.1 Å². The molecule has 0 saturated carbocycles. The molecule has 0 radical (unpaired) electrons. The molecular weight excluding hydrogens is 278 g/mol. The van der Waals surface area contributed by atoms with Gasteiger partial charge in [0.15, 0.2) is 0 Å². The van der Waals surface area contributed by atoms with Crippen LogP contribution in [0.1, 0.15) is 17.8 Å². The number of benzene rings is 1. The summed E-state index contributed by atoms with van der Waals surface area (Å²) in [5.41, 5.74) is 0.573. The maximum atomic E-state index is 12.0. The summed E-state index contributed by atoms with van der Waals surface area (Å²) in [5, 5.41) is 9.02. The molecule has 0 aliphatic heterocycles. The third-order valence-corrected chi connectivity index (χ3v) is 4.29. The predicted molar refractivity (Wildman–Crippen MR) is 74.5 cm³/mol. The number of aryl methyl sites for hydroxylation is 1. The molecule has 3 N–H and O–H groups in total. The van der Waals surface area contributed by atoms with Crippen LogP contribution in [0, 0.1) is 0 Å². The number of sulfonamides is 1. The van der Waals surface area contributed by atoms with Crippen molar-refractivity contribution in [3.05, 3.63) is 48.0 Å². The molecule has 0 spiro atoms. The van der Waals surface area contributed by atoms with Crippen molar-refractivity contribution in [3.63, 3.8) is 0 Å². The number of nitrogens with one attached hydrogen (secondary N) is 2. The Hall–Kier alpha value is -1.70. The van der Waals surface area contributed by atoms with Gasteiger partial charge >= 0.3 is 0 Å². The molecule has 0 fully saturated rings. The molecule has 0 unspecified atom stereocenters. The summed E-state index contributed by atoms with van der Waals surface area (Å²) < 4.78 is 26.6. The Morgan fingerprint density at radius 1 is 1.35 bits per heavy atom. The Kier molecular flexibility index (Phi) is 4.89. The van der Waals surface area contributed by atoms with E-state index in [1.807, 2.05) is 0 Å². The molecule has 2 rings (SSSR count). The van der Waals surface area contributed by atoms with Crippen molar-refractivity contribution in [2.24, 2.45) is 0 Å². The largest absolute Gasteiger partial charge is 0.392 e. The number of H-pyrrole nitrogens is 1. The molecular formula is C13H17N3O3S. The van der Waals surface area contributed by atoms with E-state index in [4.69, 9.17) is 5.11 Å². The quantitative estimate of drug-likeness (QED) is 0.659. The number of aliphatic hydroxyl groups excluding tert-OH is 1. The number of hydrogen-bond acceptors (Lipinski definition) is 4. The van der Waals surface area contributed by atoms with Gasteiger partial charge in [0.1, 0.15) is 5.82 Å². The zero-order valence-electron chi connectivity index (χ0n) is 10.9. The van der Waals surface area contributed by atoms with Gasteiger partial charge in [-0.3, -0.25) is 0 Å². The second-order valence-electron chi connectivity index (χ2n) is 4.34. The lowest BCUT2D eigenvalue weighted by molar-refractivity contribution is 0.281. The van der Waals surface area contributed by atoms with Crippen LogP contribution in [0.5, 0.6) is 0 Å². The van der Waals surface area contributed by atoms with Crippen LogP contribution in [0.3, 0.4) is 0 Å². The van der Waals surface area contributed by atoms with Crippen molar-refractivity contribution >= 4 is 10.0 Å². The van der Waals surface area contributed by atoms with Crippen LogP contribution < -0.4 is 4.72 Å². The van der Waals surface area contributed by atoms with Gasteiger partial charge in [0, 0.05) is 25.4 Å². The third-order valence-electron chi connectivity index (χ3n) is 2.83. The first-order valence-corrected chi connectivity index (χ1v) is 7.78. The van der Waals surface area contributed by atoms with Gasteiger partial charge in [-0.05, 0) is 24.1 Å². The normalized spacial score (nSPS) is 11.7. The maximum Gasteiger partial charge on any atom is 0.240 e. The van der Waals surface area contributed by atoms with Gasteiger partial charge < -0.3 is 10.1 Å². The number of rotatable bonds is 7. The summed E-state index contributed by atoms with van der Waals surface area (Å²) in [7, 11) is -3.53. The van der Waals surface area contributed by atoms with Crippen molar-refractivity contribution in [1.29, 1.82) is 0 Å². The van der Waals surface area contributed by atoms with Crippen molar-refractivity contribution in [1.82, 2.24) is 14.7 Å². The fraction of sp³-hybridized carbons (Fsp3) is 0.308. The lowest BCUT2D eigenvalue weighted by atomic mass is 10.2. The Labute approximate surface area is 117 Å². The molecule has 6 nitrogen and oxygen atoms in total. The molecule has 1 heterocycles. The minimum Gasteiger partial charge on any atom is -0.392 e. The van der Waals surface area contributed by atoms with Gasteiger partial charge in [0.05, 0.1) is 11.5 Å². The molecule has 0 atom stereocenters. The fourth-order valence-electron chi connectivity index (χ4n) is 1.79. The molecule has 2 aromatic rings. The van der Waals surface area contributed by atoms with E-state index in [1.165, 1.54) is 12.1 Å². The highest BCUT2D eigenvalue weighted by Gasteiger charge is 2.13. The van der Waals surface area contributed by atoms with Crippen molar-refractivity contribution in [2.75, 3.05) is 6.54 Å². The number of nitrogens with zero attached hydrogens (tertiary/aromatic N) is 1. The number of aliphatic hydroxyl groups is 1. The minimum atomic E-state index is -3.53. The number of aromatic nitrogens is 2. The van der Waals surface area contributed by atoms with Crippen molar-refractivity contribution < 1.29 is 13.5 Å². The summed E-state index contributed by atoms with van der Waals surface area (Å²) in [4.78, 5) is 7.20. The minimum absolute atomic E-state index is 0.169. The topological polar surface area (TPSA) is 95.1 Å². The first-order chi connectivity index (χ1) is 9.62. The Balaban J connectivity index is 1.90. The zero-order chi connectivity index (χ0) is 14.4. The number of aromatic amines is 1. The van der Waals surface area contributed by atoms with Crippen molar-refractivity contribution in [2.45, 2.75) is 24.3 Å². The second kappa shape index (κ2) is 6.65. The standard InChI is InChI=1S/C13H17N3O3S/c17-10-11-3-1-4-12(9-11)20(18,19)16-6-2-5-13-14-7-8-15-13/h1,3-4,7-9,16-17H,2,5-6,10H2,(H,14,15). The third kappa shape index (κ3) is 3.89. The van der Waals surface area contributed by atoms with Gasteiger partial charge in [-0.25, -0.2) is 18.1 Å². The van der Waals surface area contributed by atoms with Gasteiger partial charge in [0.2, 0.25) is 10.0 Å². The van der Waals surface area contributed by atoms with E-state index in [2.05, 4.69) is 14.7 Å². The number of hydrogen-bond donors (Lipinski definition) is 3. The highest BCUT2D eigenvalue weighted by Crippen LogP contribution is 2.11. The zero-order valence-corrected chi connectivity index (χ0v) is 11.7. The van der Waals surface area contributed by atoms with Crippen LogP contribution >= 0.6 is 0 Å². The average molecular weight is 295 g/mol. The average Bonchev–Trinajstić information content (AvgIpc) is 2.97. The lowest BCUT2D eigenvalue weighted by Crippen LogP contribution is -2.25. The van der Waals surface area contributed by atoms with E-state index in [0.29, 0.717) is 24.9 Å². The van der Waals surface area contributed by atoms with E-state index < -0.39 is 10.0 Å². The van der Waals surface area contributed by atoms with E-state index in [1.54, 1.807) is 24.5 Å². The summed E-state index contributed by atoms with van der Waals surface area (Å²) in [6.45, 7) is 0.161. The van der Waals surface area contributed by atoms with E-state index in [9.17, 15) is 8.42 Å². The van der Waals surface area contributed by atoms with Gasteiger partial charge in [-0.2, -0.15) is 0 Å². The first-order valence-electron chi connectivity index (χ1n) is 6.29. The SMILES string of the molecule is O=S(=O)(NCCCc1ncc[nH]1)c1cccc(CO)c1. The van der Waals surface area contributed by atoms with Gasteiger partial charge in [-0.1, -0.05) is 12.1 Å². The Bertz CT molecular complexity index is 639. The molecule has 0 bridgehead atoms. The Morgan fingerprint density at radius 2 is 2.20 bits per heavy atom. The van der Waals surface area contributed by atoms with Gasteiger partial charge in [0.25, 0.3) is 0 Å². The summed E-state index contributed by atoms with van der Waals surface area (Å²) >= 11 is 0. The number of imidazole rings is 1. The molecule has 1 aromatic carbocycles. The molecule has 0 saturated heterocycles. The molecule has 0 aliphatic carbocycles. The van der Waals surface area contributed by atoms with Crippen molar-refractivity contribution in [3.8, 4) is 0 Å². The fourth-order valence-corrected chi connectivity index (χ4v) is 2.94. The summed E-state index contributed by atoms with van der Waals surface area (Å²) in [6, 6.07) is 6.27. The summed E-state index contributed by atoms with van der Waals surface area (Å²) in [5.74, 6) is 0.839. The van der Waals surface area contributed by atoms with E-state index in [-0.39, 0.29) is 11.5 Å². The molecule has 20 heavy (non-hydrogen) atoms. The molecule has 0 aliphatic rings. The van der Waals surface area contributed by atoms with Crippen LogP contribution in [0.25, 0.3) is 0 Å². The predicted octanol–water partition coefficient (Wildman–Crippen LogP) is 0.813. The van der Waals surface area contributed by atoms with Gasteiger partial charge in [-0.15, -0.1) is 0 Å². The van der Waals surface area contributed by atoms with E-state index in [0.717, 1.165) is 5.82 Å². The monoisotopic (exact) mass is 295 g/mol. The van der Waals surface area contributed by atoms with Crippen LogP contribution in [0.2, 0.25) is 0 Å². The smallest absolute Gasteiger partial charge is 0.240 e. The highest BCUT2D eigenvalue weighted by atomic mass is 32.2. The second-order valence-corrected chi connectivity index (χ2v) is 6.11. The lowest BCUT2D eigenvalue weighted by Gasteiger charge is -2.07.